The van der Waals surface area contributed by atoms with Gasteiger partial charge in [0, 0.05) is 28.9 Å². The van der Waals surface area contributed by atoms with E-state index in [4.69, 9.17) is 17.3 Å². The number of hydrogen-bond acceptors (Lipinski definition) is 3. The Morgan fingerprint density at radius 2 is 2.00 bits per heavy atom. The number of aliphatic hydroxyl groups is 1. The number of carbonyl (C=O) groups is 2. The second-order valence-electron chi connectivity index (χ2n) is 9.50. The number of carbonyl (C=O) groups excluding carboxylic acids is 2. The molecule has 0 unspecified atom stereocenters. The minimum atomic E-state index is -0.767. The smallest absolute Gasteiger partial charge is 0.250 e. The summed E-state index contributed by atoms with van der Waals surface area (Å²) < 4.78 is 0. The van der Waals surface area contributed by atoms with Crippen molar-refractivity contribution in [2.75, 3.05) is 11.9 Å². The number of allylic oxidation sites excluding steroid dienone is 2. The molecule has 0 aromatic heterocycles. The molecule has 0 saturated heterocycles. The van der Waals surface area contributed by atoms with E-state index in [9.17, 15) is 14.7 Å². The maximum absolute atomic E-state index is 12.3. The number of anilines is 1. The Balaban J connectivity index is 1.89. The predicted molar refractivity (Wildman–Crippen MR) is 133 cm³/mol. The van der Waals surface area contributed by atoms with Gasteiger partial charge in [-0.3, -0.25) is 9.59 Å². The van der Waals surface area contributed by atoms with E-state index in [1.54, 1.807) is 13.1 Å². The van der Waals surface area contributed by atoms with Crippen LogP contribution in [0.2, 0.25) is 5.02 Å². The zero-order chi connectivity index (χ0) is 24.1. The van der Waals surface area contributed by atoms with Gasteiger partial charge >= 0.3 is 0 Å². The van der Waals surface area contributed by atoms with E-state index in [1.807, 2.05) is 38.1 Å². The number of nitrogens with two attached hydrogens (primary N) is 1. The van der Waals surface area contributed by atoms with Crippen LogP contribution >= 0.6 is 11.6 Å². The first-order valence-corrected chi connectivity index (χ1v) is 11.5. The summed E-state index contributed by atoms with van der Waals surface area (Å²) in [4.78, 5) is 26.0. The van der Waals surface area contributed by atoms with Crippen LogP contribution in [-0.2, 0) is 11.2 Å². The number of fused-ring (bicyclic) bond motifs is 2. The lowest BCUT2D eigenvalue weighted by Gasteiger charge is -2.33. The monoisotopic (exact) mass is 464 g/mol. The topological polar surface area (TPSA) is 83.6 Å². The van der Waals surface area contributed by atoms with Crippen LogP contribution in [0.3, 0.4) is 0 Å². The number of nitrogens with zero attached hydrogens (tertiary/aromatic N) is 1. The molecule has 0 aliphatic heterocycles. The summed E-state index contributed by atoms with van der Waals surface area (Å²) in [6.45, 7) is 7.28. The van der Waals surface area contributed by atoms with Crippen molar-refractivity contribution in [1.29, 1.82) is 0 Å². The highest BCUT2D eigenvalue weighted by Gasteiger charge is 2.37. The van der Waals surface area contributed by atoms with Crippen molar-refractivity contribution in [3.8, 4) is 11.1 Å². The Morgan fingerprint density at radius 1 is 1.27 bits per heavy atom. The fourth-order valence-electron chi connectivity index (χ4n) is 5.16. The van der Waals surface area contributed by atoms with Gasteiger partial charge in [0.2, 0.25) is 11.8 Å². The highest BCUT2D eigenvalue weighted by atomic mass is 35.5. The van der Waals surface area contributed by atoms with Crippen molar-refractivity contribution < 1.29 is 14.7 Å². The Bertz CT molecular complexity index is 1210. The third-order valence-corrected chi connectivity index (χ3v) is 7.33. The highest BCUT2D eigenvalue weighted by Crippen LogP contribution is 2.51. The second-order valence-corrected chi connectivity index (χ2v) is 9.91. The average molecular weight is 465 g/mol. The van der Waals surface area contributed by atoms with Gasteiger partial charge < -0.3 is 15.7 Å². The lowest BCUT2D eigenvalue weighted by atomic mass is 9.75. The Labute approximate surface area is 199 Å². The summed E-state index contributed by atoms with van der Waals surface area (Å²) >= 11 is 6.78. The van der Waals surface area contributed by atoms with Crippen molar-refractivity contribution in [3.63, 3.8) is 0 Å². The first-order valence-electron chi connectivity index (χ1n) is 11.1. The first kappa shape index (κ1) is 23.3. The molecule has 1 atom stereocenters. The van der Waals surface area contributed by atoms with Crippen molar-refractivity contribution in [3.05, 3.63) is 70.3 Å². The summed E-state index contributed by atoms with van der Waals surface area (Å²) in [7, 11) is 1.70. The van der Waals surface area contributed by atoms with Crippen LogP contribution in [0.25, 0.3) is 16.7 Å². The molecular weight excluding hydrogens is 436 g/mol. The van der Waals surface area contributed by atoms with Gasteiger partial charge in [0.1, 0.15) is 0 Å². The maximum atomic E-state index is 12.3. The van der Waals surface area contributed by atoms with Gasteiger partial charge in [0.25, 0.3) is 0 Å². The molecule has 2 aliphatic rings. The van der Waals surface area contributed by atoms with Crippen molar-refractivity contribution in [2.45, 2.75) is 45.1 Å². The van der Waals surface area contributed by atoms with Gasteiger partial charge in [0.15, 0.2) is 0 Å². The van der Waals surface area contributed by atoms with Crippen LogP contribution in [-0.4, -0.2) is 29.6 Å². The second kappa shape index (κ2) is 8.47. The molecule has 3 N–H and O–H groups in total. The molecule has 2 amide bonds. The van der Waals surface area contributed by atoms with Gasteiger partial charge in [-0.15, -0.1) is 0 Å². The fourth-order valence-corrected chi connectivity index (χ4v) is 5.47. The minimum absolute atomic E-state index is 0.156. The molecule has 5 nitrogen and oxygen atoms in total. The third-order valence-electron chi connectivity index (χ3n) is 7.03. The van der Waals surface area contributed by atoms with Gasteiger partial charge in [-0.05, 0) is 92.0 Å². The number of amides is 2. The quantitative estimate of drug-likeness (QED) is 0.601. The average Bonchev–Trinajstić information content (AvgIpc) is 3.15. The Hall–Kier alpha value is -2.89. The van der Waals surface area contributed by atoms with Crippen molar-refractivity contribution in [1.82, 2.24) is 0 Å². The van der Waals surface area contributed by atoms with Crippen LogP contribution in [0.4, 0.5) is 5.69 Å². The van der Waals surface area contributed by atoms with Gasteiger partial charge in [-0.25, -0.2) is 0 Å². The summed E-state index contributed by atoms with van der Waals surface area (Å²) in [5.41, 5.74) is 12.2. The normalized spacial score (nSPS) is 17.4. The van der Waals surface area contributed by atoms with Crippen LogP contribution < -0.4 is 10.6 Å². The van der Waals surface area contributed by atoms with Crippen LogP contribution in [0.15, 0.2) is 48.6 Å². The van der Waals surface area contributed by atoms with E-state index in [1.165, 1.54) is 22.1 Å². The van der Waals surface area contributed by atoms with Crippen molar-refractivity contribution >= 4 is 34.7 Å². The van der Waals surface area contributed by atoms with E-state index in [2.05, 4.69) is 6.58 Å². The molecule has 0 bridgehead atoms. The summed E-state index contributed by atoms with van der Waals surface area (Å²) in [5.74, 6) is -0.547. The molecule has 33 heavy (non-hydrogen) atoms. The molecule has 2 aliphatic carbocycles. The lowest BCUT2D eigenvalue weighted by Crippen LogP contribution is -2.32. The standard InChI is InChI=1S/C27H29ClN2O3/c1-5-23(31)30(4)18-8-6-7-15(12-18)24-22(28)14-21(26(29)32)20-13-16-11-17(27(2,3)33)9-10-19(16)25(20)24/h5-8,12,14,17,33H,1,9-11,13H2,2-4H3,(H2,29,32)/t17-/m1/s1. The SMILES string of the molecule is C=CC(=O)N(C)c1cccc(-c2c(Cl)cc(C(N)=O)c3c2C2=C(C3)C[C@H](C(C)(C)O)CC2)c1. The third kappa shape index (κ3) is 4.11. The number of hydrogen-bond donors (Lipinski definition) is 2. The Morgan fingerprint density at radius 3 is 2.64 bits per heavy atom. The number of primary amides is 1. The molecule has 0 saturated carbocycles. The van der Waals surface area contributed by atoms with E-state index in [0.717, 1.165) is 47.2 Å². The van der Waals surface area contributed by atoms with Crippen LogP contribution in [0, 0.1) is 5.92 Å². The molecule has 6 heteroatoms. The summed E-state index contributed by atoms with van der Waals surface area (Å²) in [6, 6.07) is 9.29. The maximum Gasteiger partial charge on any atom is 0.250 e. The molecule has 0 heterocycles. The minimum Gasteiger partial charge on any atom is -0.390 e. The number of halogens is 1. The zero-order valence-electron chi connectivity index (χ0n) is 19.2. The fraction of sp³-hybridized carbons (Fsp3) is 0.333. The zero-order valence-corrected chi connectivity index (χ0v) is 20.0. The van der Waals surface area contributed by atoms with Gasteiger partial charge in [-0.1, -0.05) is 35.9 Å². The van der Waals surface area contributed by atoms with E-state index in [0.29, 0.717) is 17.0 Å². The van der Waals surface area contributed by atoms with E-state index in [-0.39, 0.29) is 11.8 Å². The van der Waals surface area contributed by atoms with E-state index < -0.39 is 11.5 Å². The largest absolute Gasteiger partial charge is 0.390 e. The molecule has 0 spiro atoms. The number of benzene rings is 2. The molecule has 0 fully saturated rings. The number of rotatable bonds is 5. The molecule has 2 aromatic carbocycles. The number of likely N-dealkylation sites (N-methyl/N-ethyl adjacent to an activating group) is 1. The molecule has 4 rings (SSSR count). The van der Waals surface area contributed by atoms with Gasteiger partial charge in [0.05, 0.1) is 5.60 Å². The lowest BCUT2D eigenvalue weighted by molar-refractivity contribution is -0.113. The Kier molecular flexibility index (Phi) is 5.97. The van der Waals surface area contributed by atoms with E-state index >= 15 is 0 Å². The van der Waals surface area contributed by atoms with Crippen molar-refractivity contribution in [2.24, 2.45) is 11.7 Å². The molecular formula is C27H29ClN2O3. The summed E-state index contributed by atoms with van der Waals surface area (Å²) in [6.07, 6.45) is 4.35. The molecule has 2 aromatic rings. The molecule has 172 valence electrons. The molecule has 0 radical (unpaired) electrons. The van der Waals surface area contributed by atoms with Crippen LogP contribution in [0.5, 0.6) is 0 Å². The van der Waals surface area contributed by atoms with Gasteiger partial charge in [-0.2, -0.15) is 0 Å². The summed E-state index contributed by atoms with van der Waals surface area (Å²) in [5, 5.41) is 11.0. The van der Waals surface area contributed by atoms with Crippen LogP contribution in [0.1, 0.15) is 54.6 Å². The predicted octanol–water partition coefficient (Wildman–Crippen LogP) is 5.14. The first-order chi connectivity index (χ1) is 15.5. The highest BCUT2D eigenvalue weighted by molar-refractivity contribution is 6.34.